The van der Waals surface area contributed by atoms with Crippen LogP contribution in [0.15, 0.2) is 59.5 Å². The van der Waals surface area contributed by atoms with Crippen molar-refractivity contribution in [3.63, 3.8) is 0 Å². The van der Waals surface area contributed by atoms with Crippen molar-refractivity contribution in [3.8, 4) is 0 Å². The number of sulfonamides is 1. The molecule has 2 aromatic carbocycles. The van der Waals surface area contributed by atoms with E-state index in [1.54, 1.807) is 19.1 Å². The van der Waals surface area contributed by atoms with Crippen LogP contribution < -0.4 is 5.32 Å². The van der Waals surface area contributed by atoms with Gasteiger partial charge >= 0.3 is 6.09 Å². The lowest BCUT2D eigenvalue weighted by molar-refractivity contribution is 0.0393. The van der Waals surface area contributed by atoms with Crippen molar-refractivity contribution < 1.29 is 22.7 Å². The number of carbonyl (C=O) groups excluding carboxylic acids is 1. The van der Waals surface area contributed by atoms with E-state index in [-0.39, 0.29) is 17.5 Å². The summed E-state index contributed by atoms with van der Waals surface area (Å²) in [5.74, 6) is 0. The molecule has 1 N–H and O–H groups in total. The molecule has 1 fully saturated rings. The van der Waals surface area contributed by atoms with Gasteiger partial charge in [0, 0.05) is 18.3 Å². The smallest absolute Gasteiger partial charge is 0.411 e. The Bertz CT molecular complexity index is 886. The lowest BCUT2D eigenvalue weighted by Gasteiger charge is -2.32. The number of ether oxygens (including phenoxy) is 2. The Kier molecular flexibility index (Phi) is 6.10. The Labute approximate surface area is 158 Å². The molecule has 0 spiro atoms. The highest BCUT2D eigenvalue weighted by molar-refractivity contribution is 7.89. The van der Waals surface area contributed by atoms with E-state index in [2.05, 4.69) is 5.32 Å². The summed E-state index contributed by atoms with van der Waals surface area (Å²) >= 11 is 0. The summed E-state index contributed by atoms with van der Waals surface area (Å²) in [5, 5.41) is 2.57. The van der Waals surface area contributed by atoms with Gasteiger partial charge in [-0.15, -0.1) is 0 Å². The van der Waals surface area contributed by atoms with E-state index in [4.69, 9.17) is 9.47 Å². The Balaban J connectivity index is 1.67. The summed E-state index contributed by atoms with van der Waals surface area (Å²) in [5.41, 5.74) is 1.22. The summed E-state index contributed by atoms with van der Waals surface area (Å²) < 4.78 is 37.6. The number of amides is 1. The molecule has 1 atom stereocenters. The van der Waals surface area contributed by atoms with Crippen LogP contribution in [0.1, 0.15) is 12.5 Å². The van der Waals surface area contributed by atoms with E-state index in [1.807, 2.05) is 30.3 Å². The minimum absolute atomic E-state index is 0.122. The van der Waals surface area contributed by atoms with Gasteiger partial charge in [0.15, 0.2) is 0 Å². The molecule has 1 saturated heterocycles. The summed E-state index contributed by atoms with van der Waals surface area (Å²) in [7, 11) is -3.66. The number of carbonyl (C=O) groups is 1. The standard InChI is InChI=1S/C19H22N2O5S/c1-15-13-25-11-10-21(15)27(23,24)18-9-5-8-17(12-18)20-19(22)26-14-16-6-3-2-4-7-16/h2-9,12,15H,10-11,13-14H2,1H3,(H,20,22). The normalized spacial score (nSPS) is 18.0. The molecule has 2 aromatic rings. The molecular formula is C19H22N2O5S. The Hall–Kier alpha value is -2.42. The molecule has 1 heterocycles. The van der Waals surface area contributed by atoms with E-state index < -0.39 is 16.1 Å². The minimum Gasteiger partial charge on any atom is -0.444 e. The average molecular weight is 390 g/mol. The monoisotopic (exact) mass is 390 g/mol. The SMILES string of the molecule is CC1COCCN1S(=O)(=O)c1cccc(NC(=O)OCc2ccccc2)c1. The minimum atomic E-state index is -3.66. The second-order valence-electron chi connectivity index (χ2n) is 6.25. The maximum atomic E-state index is 12.9. The Morgan fingerprint density at radius 1 is 1.22 bits per heavy atom. The van der Waals surface area contributed by atoms with Gasteiger partial charge in [-0.05, 0) is 30.7 Å². The maximum absolute atomic E-state index is 12.9. The van der Waals surface area contributed by atoms with Crippen LogP contribution in [0.3, 0.4) is 0 Å². The van der Waals surface area contributed by atoms with E-state index in [0.29, 0.717) is 25.4 Å². The topological polar surface area (TPSA) is 84.9 Å². The largest absolute Gasteiger partial charge is 0.444 e. The van der Waals surface area contributed by atoms with Crippen LogP contribution in [0.4, 0.5) is 10.5 Å². The molecule has 1 aliphatic heterocycles. The Morgan fingerprint density at radius 2 is 2.00 bits per heavy atom. The fourth-order valence-electron chi connectivity index (χ4n) is 2.82. The third kappa shape index (κ3) is 4.85. The van der Waals surface area contributed by atoms with Gasteiger partial charge in [0.2, 0.25) is 10.0 Å². The van der Waals surface area contributed by atoms with Crippen LogP contribution in [0.5, 0.6) is 0 Å². The van der Waals surface area contributed by atoms with Crippen LogP contribution >= 0.6 is 0 Å². The molecule has 1 amide bonds. The quantitative estimate of drug-likeness (QED) is 0.849. The molecule has 0 aliphatic carbocycles. The molecule has 144 valence electrons. The zero-order valence-electron chi connectivity index (χ0n) is 15.0. The lowest BCUT2D eigenvalue weighted by Crippen LogP contribution is -2.46. The average Bonchev–Trinajstić information content (AvgIpc) is 2.67. The number of rotatable bonds is 5. The number of benzene rings is 2. The Morgan fingerprint density at radius 3 is 2.74 bits per heavy atom. The highest BCUT2D eigenvalue weighted by Gasteiger charge is 2.31. The second kappa shape index (κ2) is 8.51. The van der Waals surface area contributed by atoms with E-state index in [1.165, 1.54) is 16.4 Å². The molecule has 1 unspecified atom stereocenters. The number of hydrogen-bond donors (Lipinski definition) is 1. The van der Waals surface area contributed by atoms with Crippen molar-refractivity contribution in [1.29, 1.82) is 0 Å². The van der Waals surface area contributed by atoms with Gasteiger partial charge in [-0.3, -0.25) is 5.32 Å². The van der Waals surface area contributed by atoms with Gasteiger partial charge in [-0.2, -0.15) is 4.31 Å². The highest BCUT2D eigenvalue weighted by atomic mass is 32.2. The van der Waals surface area contributed by atoms with E-state index >= 15 is 0 Å². The summed E-state index contributed by atoms with van der Waals surface area (Å²) in [6.45, 7) is 2.98. The van der Waals surface area contributed by atoms with Crippen LogP contribution in [0.2, 0.25) is 0 Å². The zero-order chi connectivity index (χ0) is 19.3. The number of nitrogens with zero attached hydrogens (tertiary/aromatic N) is 1. The van der Waals surface area contributed by atoms with Crippen LogP contribution in [-0.2, 0) is 26.1 Å². The first-order valence-electron chi connectivity index (χ1n) is 8.64. The summed E-state index contributed by atoms with van der Waals surface area (Å²) in [6, 6.07) is 15.2. The molecule has 0 bridgehead atoms. The van der Waals surface area contributed by atoms with E-state index in [9.17, 15) is 13.2 Å². The highest BCUT2D eigenvalue weighted by Crippen LogP contribution is 2.23. The molecule has 0 aromatic heterocycles. The van der Waals surface area contributed by atoms with Gasteiger partial charge < -0.3 is 9.47 Å². The molecule has 27 heavy (non-hydrogen) atoms. The molecular weight excluding hydrogens is 368 g/mol. The number of hydrogen-bond acceptors (Lipinski definition) is 5. The molecule has 0 radical (unpaired) electrons. The maximum Gasteiger partial charge on any atom is 0.411 e. The van der Waals surface area contributed by atoms with Crippen LogP contribution in [0.25, 0.3) is 0 Å². The second-order valence-corrected chi connectivity index (χ2v) is 8.14. The number of nitrogens with one attached hydrogen (secondary N) is 1. The van der Waals surface area contributed by atoms with Gasteiger partial charge in [0.25, 0.3) is 0 Å². The first-order valence-corrected chi connectivity index (χ1v) is 10.1. The van der Waals surface area contributed by atoms with Crippen LogP contribution in [0, 0.1) is 0 Å². The first-order chi connectivity index (χ1) is 13.0. The van der Waals surface area contributed by atoms with Gasteiger partial charge in [0.1, 0.15) is 6.61 Å². The van der Waals surface area contributed by atoms with Crippen molar-refractivity contribution in [2.75, 3.05) is 25.1 Å². The fourth-order valence-corrected chi connectivity index (χ4v) is 4.46. The third-order valence-electron chi connectivity index (χ3n) is 4.21. The fraction of sp³-hybridized carbons (Fsp3) is 0.316. The van der Waals surface area contributed by atoms with Crippen molar-refractivity contribution in [2.24, 2.45) is 0 Å². The van der Waals surface area contributed by atoms with Crippen molar-refractivity contribution >= 4 is 21.8 Å². The summed E-state index contributed by atoms with van der Waals surface area (Å²) in [4.78, 5) is 12.1. The van der Waals surface area contributed by atoms with Gasteiger partial charge in [-0.1, -0.05) is 36.4 Å². The van der Waals surface area contributed by atoms with Gasteiger partial charge in [0.05, 0.1) is 18.1 Å². The molecule has 3 rings (SSSR count). The zero-order valence-corrected chi connectivity index (χ0v) is 15.8. The van der Waals surface area contributed by atoms with E-state index in [0.717, 1.165) is 5.56 Å². The van der Waals surface area contributed by atoms with Gasteiger partial charge in [-0.25, -0.2) is 13.2 Å². The lowest BCUT2D eigenvalue weighted by atomic mass is 10.2. The molecule has 1 aliphatic rings. The summed E-state index contributed by atoms with van der Waals surface area (Å²) in [6.07, 6.45) is -0.645. The van der Waals surface area contributed by atoms with Crippen LogP contribution in [-0.4, -0.2) is 44.6 Å². The number of morpholine rings is 1. The predicted molar refractivity (Wildman–Crippen MR) is 101 cm³/mol. The van der Waals surface area contributed by atoms with Crippen molar-refractivity contribution in [3.05, 3.63) is 60.2 Å². The molecule has 0 saturated carbocycles. The predicted octanol–water partition coefficient (Wildman–Crippen LogP) is 2.84. The molecule has 8 heteroatoms. The third-order valence-corrected chi connectivity index (χ3v) is 6.22. The first kappa shape index (κ1) is 19.3. The van der Waals surface area contributed by atoms with Crippen molar-refractivity contribution in [2.45, 2.75) is 24.5 Å². The van der Waals surface area contributed by atoms with Crippen molar-refractivity contribution in [1.82, 2.24) is 4.31 Å². The number of anilines is 1. The molecule has 7 nitrogen and oxygen atoms in total.